The van der Waals surface area contributed by atoms with Crippen LogP contribution in [0.2, 0.25) is 0 Å². The fourth-order valence-electron chi connectivity index (χ4n) is 3.50. The predicted octanol–water partition coefficient (Wildman–Crippen LogP) is 2.75. The lowest BCUT2D eigenvalue weighted by molar-refractivity contribution is -0.111. The van der Waals surface area contributed by atoms with Gasteiger partial charge in [-0.3, -0.25) is 9.59 Å². The molecule has 0 bridgehead atoms. The zero-order valence-corrected chi connectivity index (χ0v) is 18.9. The maximum Gasteiger partial charge on any atom is 0.256 e. The first-order chi connectivity index (χ1) is 15.5. The van der Waals surface area contributed by atoms with Gasteiger partial charge >= 0.3 is 0 Å². The Morgan fingerprint density at radius 1 is 0.938 bits per heavy atom. The molecule has 1 fully saturated rings. The number of carbonyl (C=O) groups excluding carboxylic acids is 2. The molecule has 0 spiro atoms. The third kappa shape index (κ3) is 5.39. The van der Waals surface area contributed by atoms with Gasteiger partial charge in [-0.15, -0.1) is 0 Å². The molecule has 8 heteroatoms. The van der Waals surface area contributed by atoms with E-state index in [0.29, 0.717) is 47.2 Å². The maximum atomic E-state index is 13.0. The van der Waals surface area contributed by atoms with E-state index < -0.39 is 0 Å². The van der Waals surface area contributed by atoms with Crippen molar-refractivity contribution in [3.05, 3.63) is 53.6 Å². The minimum absolute atomic E-state index is 0.0809. The molecular formula is C24H29N3O5. The van der Waals surface area contributed by atoms with Gasteiger partial charge in [0.2, 0.25) is 11.7 Å². The van der Waals surface area contributed by atoms with Gasteiger partial charge in [0.15, 0.2) is 11.5 Å². The van der Waals surface area contributed by atoms with E-state index in [1.54, 1.807) is 42.5 Å². The summed E-state index contributed by atoms with van der Waals surface area (Å²) in [4.78, 5) is 29.6. The number of hydrogen-bond acceptors (Lipinski definition) is 6. The summed E-state index contributed by atoms with van der Waals surface area (Å²) in [7, 11) is 6.64. The summed E-state index contributed by atoms with van der Waals surface area (Å²) in [5.74, 6) is 1.04. The van der Waals surface area contributed by atoms with E-state index in [0.717, 1.165) is 13.1 Å². The number of anilines is 1. The Bertz CT molecular complexity index is 972. The monoisotopic (exact) mass is 439 g/mol. The summed E-state index contributed by atoms with van der Waals surface area (Å²) < 4.78 is 16.0. The van der Waals surface area contributed by atoms with E-state index in [1.165, 1.54) is 27.4 Å². The molecule has 0 saturated carbocycles. The highest BCUT2D eigenvalue weighted by Crippen LogP contribution is 2.38. The van der Waals surface area contributed by atoms with Gasteiger partial charge in [-0.25, -0.2) is 0 Å². The first-order valence-corrected chi connectivity index (χ1v) is 10.3. The first kappa shape index (κ1) is 23.1. The number of para-hydroxylation sites is 1. The standard InChI is InChI=1S/C24H29N3O5/c1-26-11-13-27(14-12-26)24(29)18-7-5-6-8-19(18)25-22(28)10-9-17-15-20(30-2)23(32-4)21(16-17)31-3/h5-10,15-16H,11-14H2,1-4H3,(H,25,28)/b10-9+. The highest BCUT2D eigenvalue weighted by atomic mass is 16.5. The van der Waals surface area contributed by atoms with Gasteiger partial charge in [-0.2, -0.15) is 0 Å². The van der Waals surface area contributed by atoms with Crippen molar-refractivity contribution in [3.8, 4) is 17.2 Å². The van der Waals surface area contributed by atoms with E-state index >= 15 is 0 Å². The number of carbonyl (C=O) groups is 2. The third-order valence-electron chi connectivity index (χ3n) is 5.32. The van der Waals surface area contributed by atoms with Crippen LogP contribution in [0.1, 0.15) is 15.9 Å². The van der Waals surface area contributed by atoms with Gasteiger partial charge in [0.05, 0.1) is 32.6 Å². The van der Waals surface area contributed by atoms with Crippen LogP contribution in [0.3, 0.4) is 0 Å². The van der Waals surface area contributed by atoms with E-state index in [-0.39, 0.29) is 11.8 Å². The molecule has 3 rings (SSSR count). The minimum Gasteiger partial charge on any atom is -0.493 e. The smallest absolute Gasteiger partial charge is 0.256 e. The normalized spacial score (nSPS) is 14.3. The number of likely N-dealkylation sites (N-methyl/N-ethyl adjacent to an activating group) is 1. The molecule has 2 amide bonds. The van der Waals surface area contributed by atoms with E-state index in [1.807, 2.05) is 11.9 Å². The van der Waals surface area contributed by atoms with Crippen molar-refractivity contribution < 1.29 is 23.8 Å². The van der Waals surface area contributed by atoms with Crippen LogP contribution in [-0.2, 0) is 4.79 Å². The maximum absolute atomic E-state index is 13.0. The summed E-state index contributed by atoms with van der Waals surface area (Å²) in [5.41, 5.74) is 1.67. The molecular weight excluding hydrogens is 410 g/mol. The molecule has 170 valence electrons. The number of piperazine rings is 1. The van der Waals surface area contributed by atoms with E-state index in [4.69, 9.17) is 14.2 Å². The summed E-state index contributed by atoms with van der Waals surface area (Å²) in [5, 5.41) is 2.82. The average molecular weight is 440 g/mol. The summed E-state index contributed by atoms with van der Waals surface area (Å²) in [6, 6.07) is 10.5. The van der Waals surface area contributed by atoms with Crippen LogP contribution >= 0.6 is 0 Å². The molecule has 1 saturated heterocycles. The second-order valence-electron chi connectivity index (χ2n) is 7.42. The lowest BCUT2D eigenvalue weighted by Gasteiger charge is -2.32. The Morgan fingerprint density at radius 3 is 2.16 bits per heavy atom. The lowest BCUT2D eigenvalue weighted by atomic mass is 10.1. The van der Waals surface area contributed by atoms with Crippen molar-refractivity contribution in [2.75, 3.05) is 59.9 Å². The number of nitrogens with one attached hydrogen (secondary N) is 1. The highest BCUT2D eigenvalue weighted by molar-refractivity contribution is 6.07. The SMILES string of the molecule is COc1cc(/C=C/C(=O)Nc2ccccc2C(=O)N2CCN(C)CC2)cc(OC)c1OC. The van der Waals surface area contributed by atoms with Crippen molar-refractivity contribution in [1.29, 1.82) is 0 Å². The van der Waals surface area contributed by atoms with Crippen LogP contribution in [0.4, 0.5) is 5.69 Å². The summed E-state index contributed by atoms with van der Waals surface area (Å²) in [6.07, 6.45) is 3.04. The average Bonchev–Trinajstić information content (AvgIpc) is 2.82. The Balaban J connectivity index is 1.74. The first-order valence-electron chi connectivity index (χ1n) is 10.3. The third-order valence-corrected chi connectivity index (χ3v) is 5.32. The van der Waals surface area contributed by atoms with Crippen LogP contribution in [0.25, 0.3) is 6.08 Å². The van der Waals surface area contributed by atoms with Crippen molar-refractivity contribution in [2.24, 2.45) is 0 Å². The molecule has 1 aliphatic rings. The van der Waals surface area contributed by atoms with Crippen LogP contribution in [0.5, 0.6) is 17.2 Å². The second-order valence-corrected chi connectivity index (χ2v) is 7.42. The Morgan fingerprint density at radius 2 is 1.56 bits per heavy atom. The molecule has 1 aliphatic heterocycles. The molecule has 2 aromatic carbocycles. The van der Waals surface area contributed by atoms with Gasteiger partial charge < -0.3 is 29.3 Å². The minimum atomic E-state index is -0.350. The van der Waals surface area contributed by atoms with Crippen molar-refractivity contribution in [2.45, 2.75) is 0 Å². The Labute approximate surface area is 188 Å². The second kappa shape index (κ2) is 10.7. The zero-order chi connectivity index (χ0) is 23.1. The Hall–Kier alpha value is -3.52. The molecule has 0 unspecified atom stereocenters. The number of benzene rings is 2. The van der Waals surface area contributed by atoms with Gasteiger partial charge in [0.1, 0.15) is 0 Å². The zero-order valence-electron chi connectivity index (χ0n) is 18.9. The molecule has 0 aromatic heterocycles. The van der Waals surface area contributed by atoms with Crippen LogP contribution in [0, 0.1) is 0 Å². The van der Waals surface area contributed by atoms with Gasteiger partial charge in [0.25, 0.3) is 5.91 Å². The van der Waals surface area contributed by atoms with E-state index in [2.05, 4.69) is 10.2 Å². The number of nitrogens with zero attached hydrogens (tertiary/aromatic N) is 2. The largest absolute Gasteiger partial charge is 0.493 e. The number of ether oxygens (including phenoxy) is 3. The molecule has 1 N–H and O–H groups in total. The summed E-state index contributed by atoms with van der Waals surface area (Å²) in [6.45, 7) is 2.99. The van der Waals surface area contributed by atoms with Gasteiger partial charge in [-0.1, -0.05) is 12.1 Å². The number of methoxy groups -OCH3 is 3. The van der Waals surface area contributed by atoms with Crippen LogP contribution in [0.15, 0.2) is 42.5 Å². The topological polar surface area (TPSA) is 80.3 Å². The highest BCUT2D eigenvalue weighted by Gasteiger charge is 2.22. The molecule has 32 heavy (non-hydrogen) atoms. The van der Waals surface area contributed by atoms with Crippen LogP contribution in [-0.4, -0.2) is 76.2 Å². The van der Waals surface area contributed by atoms with Crippen molar-refractivity contribution in [3.63, 3.8) is 0 Å². The molecule has 0 radical (unpaired) electrons. The fourth-order valence-corrected chi connectivity index (χ4v) is 3.50. The molecule has 0 atom stereocenters. The molecule has 0 aliphatic carbocycles. The van der Waals surface area contributed by atoms with Crippen molar-refractivity contribution >= 4 is 23.6 Å². The van der Waals surface area contributed by atoms with Gasteiger partial charge in [0, 0.05) is 32.3 Å². The number of hydrogen-bond donors (Lipinski definition) is 1. The molecule has 2 aromatic rings. The fraction of sp³-hybridized carbons (Fsp3) is 0.333. The van der Waals surface area contributed by atoms with Crippen LogP contribution < -0.4 is 19.5 Å². The number of amides is 2. The predicted molar refractivity (Wildman–Crippen MR) is 124 cm³/mol. The molecule has 8 nitrogen and oxygen atoms in total. The quantitative estimate of drug-likeness (QED) is 0.669. The van der Waals surface area contributed by atoms with Gasteiger partial charge in [-0.05, 0) is 43.0 Å². The lowest BCUT2D eigenvalue weighted by Crippen LogP contribution is -2.47. The van der Waals surface area contributed by atoms with Crippen molar-refractivity contribution in [1.82, 2.24) is 9.80 Å². The summed E-state index contributed by atoms with van der Waals surface area (Å²) >= 11 is 0. The van der Waals surface area contributed by atoms with E-state index in [9.17, 15) is 9.59 Å². The Kier molecular flexibility index (Phi) is 7.72. The molecule has 1 heterocycles. The number of rotatable bonds is 7.